The number of ether oxygens (including phenoxy) is 2. The van der Waals surface area contributed by atoms with Crippen LogP contribution in [-0.4, -0.2) is 41.2 Å². The number of carbonyl (C=O) groups is 2. The van der Waals surface area contributed by atoms with E-state index in [0.717, 1.165) is 11.1 Å². The third-order valence-electron chi connectivity index (χ3n) is 5.35. The van der Waals surface area contributed by atoms with Crippen molar-refractivity contribution in [3.8, 4) is 17.6 Å². The molecule has 3 aromatic carbocycles. The molecule has 0 saturated carbocycles. The molecule has 1 fully saturated rings. The molecule has 9 heteroatoms. The van der Waals surface area contributed by atoms with Crippen LogP contribution in [0.5, 0.6) is 11.5 Å². The summed E-state index contributed by atoms with van der Waals surface area (Å²) in [6.07, 6.45) is 1.75. The van der Waals surface area contributed by atoms with E-state index in [1.165, 1.54) is 35.9 Å². The Morgan fingerprint density at radius 2 is 1.89 bits per heavy atom. The zero-order valence-electron chi connectivity index (χ0n) is 19.5. The highest BCUT2D eigenvalue weighted by Gasteiger charge is 2.30. The molecule has 180 valence electrons. The summed E-state index contributed by atoms with van der Waals surface area (Å²) in [5.74, 6) is -0.203. The highest BCUT2D eigenvalue weighted by molar-refractivity contribution is 8.18. The van der Waals surface area contributed by atoms with Crippen LogP contribution in [0, 0.1) is 11.3 Å². The lowest BCUT2D eigenvalue weighted by Crippen LogP contribution is -2.23. The lowest BCUT2D eigenvalue weighted by molar-refractivity contribution is -0.121. The zero-order chi connectivity index (χ0) is 25.7. The molecule has 1 heterocycles. The molecule has 0 radical (unpaired) electrons. The van der Waals surface area contributed by atoms with Crippen LogP contribution in [0.1, 0.15) is 27.0 Å². The SMILES string of the molecule is COc1cc(/C=C2\SC(=Nc3ccc(C(=O)O)cc3)N(C)C2=O)ccc1OCc1ccccc1C#N. The van der Waals surface area contributed by atoms with Gasteiger partial charge >= 0.3 is 5.97 Å². The quantitative estimate of drug-likeness (QED) is 0.451. The van der Waals surface area contributed by atoms with Crippen LogP contribution >= 0.6 is 11.8 Å². The summed E-state index contributed by atoms with van der Waals surface area (Å²) in [6.45, 7) is 0.215. The maximum absolute atomic E-state index is 12.8. The predicted molar refractivity (Wildman–Crippen MR) is 137 cm³/mol. The van der Waals surface area contributed by atoms with Crippen molar-refractivity contribution in [2.45, 2.75) is 6.61 Å². The molecular formula is C27H21N3O5S. The molecule has 4 rings (SSSR count). The minimum absolute atomic E-state index is 0.165. The van der Waals surface area contributed by atoms with E-state index >= 15 is 0 Å². The van der Waals surface area contributed by atoms with Gasteiger partial charge in [-0.15, -0.1) is 0 Å². The molecule has 0 aromatic heterocycles. The van der Waals surface area contributed by atoms with Crippen LogP contribution in [0.15, 0.2) is 76.6 Å². The Morgan fingerprint density at radius 1 is 1.14 bits per heavy atom. The number of thioether (sulfide) groups is 1. The molecule has 3 aromatic rings. The van der Waals surface area contributed by atoms with E-state index in [-0.39, 0.29) is 18.1 Å². The number of amides is 1. The number of nitriles is 1. The fourth-order valence-electron chi connectivity index (χ4n) is 3.40. The molecular weight excluding hydrogens is 478 g/mol. The van der Waals surface area contributed by atoms with Crippen LogP contribution < -0.4 is 9.47 Å². The topological polar surface area (TPSA) is 112 Å². The number of carbonyl (C=O) groups excluding carboxylic acids is 1. The van der Waals surface area contributed by atoms with Crippen molar-refractivity contribution in [3.05, 3.63) is 93.9 Å². The van der Waals surface area contributed by atoms with Gasteiger partial charge in [-0.05, 0) is 65.9 Å². The number of hydrogen-bond donors (Lipinski definition) is 1. The minimum Gasteiger partial charge on any atom is -0.493 e. The number of methoxy groups -OCH3 is 1. The van der Waals surface area contributed by atoms with Crippen molar-refractivity contribution < 1.29 is 24.2 Å². The number of hydrogen-bond acceptors (Lipinski definition) is 7. The van der Waals surface area contributed by atoms with Crippen molar-refractivity contribution in [1.82, 2.24) is 4.90 Å². The molecule has 1 aliphatic heterocycles. The van der Waals surface area contributed by atoms with Gasteiger partial charge in [0.15, 0.2) is 16.7 Å². The van der Waals surface area contributed by atoms with Gasteiger partial charge in [-0.25, -0.2) is 9.79 Å². The van der Waals surface area contributed by atoms with Gasteiger partial charge < -0.3 is 14.6 Å². The van der Waals surface area contributed by atoms with Gasteiger partial charge in [-0.1, -0.05) is 24.3 Å². The Kier molecular flexibility index (Phi) is 7.37. The van der Waals surface area contributed by atoms with Crippen LogP contribution in [0.3, 0.4) is 0 Å². The Labute approximate surface area is 212 Å². The number of nitrogens with zero attached hydrogens (tertiary/aromatic N) is 3. The highest BCUT2D eigenvalue weighted by Crippen LogP contribution is 2.35. The second kappa shape index (κ2) is 10.8. The Hall–Kier alpha value is -4.55. The average Bonchev–Trinajstić information content (AvgIpc) is 3.15. The van der Waals surface area contributed by atoms with Gasteiger partial charge in [-0.2, -0.15) is 5.26 Å². The largest absolute Gasteiger partial charge is 0.493 e. The number of aromatic carboxylic acids is 1. The maximum atomic E-state index is 12.8. The number of rotatable bonds is 7. The minimum atomic E-state index is -1.01. The van der Waals surface area contributed by atoms with Gasteiger partial charge in [0.05, 0.1) is 34.9 Å². The summed E-state index contributed by atoms with van der Waals surface area (Å²) in [4.78, 5) is 30.2. The predicted octanol–water partition coefficient (Wildman–Crippen LogP) is 5.08. The van der Waals surface area contributed by atoms with Crippen LogP contribution in [0.2, 0.25) is 0 Å². The van der Waals surface area contributed by atoms with Crippen molar-refractivity contribution in [1.29, 1.82) is 5.26 Å². The molecule has 0 aliphatic carbocycles. The van der Waals surface area contributed by atoms with E-state index < -0.39 is 5.97 Å². The maximum Gasteiger partial charge on any atom is 0.335 e. The molecule has 1 N–H and O–H groups in total. The van der Waals surface area contributed by atoms with E-state index in [4.69, 9.17) is 14.6 Å². The molecule has 0 unspecified atom stereocenters. The Bertz CT molecular complexity index is 1420. The zero-order valence-corrected chi connectivity index (χ0v) is 20.3. The monoisotopic (exact) mass is 499 g/mol. The second-order valence-electron chi connectivity index (χ2n) is 7.69. The molecule has 1 aliphatic rings. The Balaban J connectivity index is 1.52. The van der Waals surface area contributed by atoms with Crippen LogP contribution in [0.25, 0.3) is 6.08 Å². The Morgan fingerprint density at radius 3 is 2.58 bits per heavy atom. The average molecular weight is 500 g/mol. The molecule has 1 amide bonds. The number of carboxylic acid groups (broad SMARTS) is 1. The van der Waals surface area contributed by atoms with Gasteiger partial charge in [-0.3, -0.25) is 9.69 Å². The number of benzene rings is 3. The van der Waals surface area contributed by atoms with Gasteiger partial charge in [0, 0.05) is 12.6 Å². The fourth-order valence-corrected chi connectivity index (χ4v) is 4.38. The van der Waals surface area contributed by atoms with Crippen molar-refractivity contribution in [2.24, 2.45) is 4.99 Å². The van der Waals surface area contributed by atoms with Crippen molar-refractivity contribution >= 4 is 40.6 Å². The van der Waals surface area contributed by atoms with Crippen molar-refractivity contribution in [3.63, 3.8) is 0 Å². The summed E-state index contributed by atoms with van der Waals surface area (Å²) < 4.78 is 11.4. The molecule has 1 saturated heterocycles. The first-order valence-corrected chi connectivity index (χ1v) is 11.6. The fraction of sp³-hybridized carbons (Fsp3) is 0.111. The van der Waals surface area contributed by atoms with Gasteiger partial charge in [0.1, 0.15) is 6.61 Å². The van der Waals surface area contributed by atoms with E-state index in [1.54, 1.807) is 49.5 Å². The number of aliphatic imine (C=N–C) groups is 1. The highest BCUT2D eigenvalue weighted by atomic mass is 32.2. The number of carboxylic acids is 1. The standard InChI is InChI=1S/C27H21N3O5S/c1-30-25(31)24(36-27(30)29-21-10-8-18(9-11-21)26(32)33)14-17-7-12-22(23(13-17)34-2)35-16-20-6-4-3-5-19(20)15-28/h3-14H,16H2,1-2H3,(H,32,33)/b24-14-,29-27?. The lowest BCUT2D eigenvalue weighted by atomic mass is 10.1. The van der Waals surface area contributed by atoms with E-state index in [9.17, 15) is 14.9 Å². The smallest absolute Gasteiger partial charge is 0.335 e. The van der Waals surface area contributed by atoms with E-state index in [2.05, 4.69) is 11.1 Å². The summed E-state index contributed by atoms with van der Waals surface area (Å²) in [6, 6.07) is 20.8. The second-order valence-corrected chi connectivity index (χ2v) is 8.70. The summed E-state index contributed by atoms with van der Waals surface area (Å²) in [5, 5.41) is 18.8. The molecule has 0 bridgehead atoms. The number of likely N-dealkylation sites (N-methyl/N-ethyl adjacent to an activating group) is 1. The third-order valence-corrected chi connectivity index (χ3v) is 6.41. The first-order valence-electron chi connectivity index (χ1n) is 10.8. The summed E-state index contributed by atoms with van der Waals surface area (Å²) >= 11 is 1.22. The molecule has 0 atom stereocenters. The summed E-state index contributed by atoms with van der Waals surface area (Å²) in [5.41, 5.74) is 2.78. The normalized spacial score (nSPS) is 15.2. The first kappa shape index (κ1) is 24.6. The molecule has 0 spiro atoms. The van der Waals surface area contributed by atoms with Crippen LogP contribution in [0.4, 0.5) is 5.69 Å². The first-order chi connectivity index (χ1) is 17.4. The van der Waals surface area contributed by atoms with Gasteiger partial charge in [0.2, 0.25) is 0 Å². The third kappa shape index (κ3) is 5.40. The lowest BCUT2D eigenvalue weighted by Gasteiger charge is -2.12. The molecule has 36 heavy (non-hydrogen) atoms. The van der Waals surface area contributed by atoms with Crippen molar-refractivity contribution in [2.75, 3.05) is 14.2 Å². The van der Waals surface area contributed by atoms with E-state index in [1.807, 2.05) is 18.2 Å². The number of amidine groups is 1. The van der Waals surface area contributed by atoms with Crippen LogP contribution in [-0.2, 0) is 11.4 Å². The van der Waals surface area contributed by atoms with E-state index in [0.29, 0.717) is 32.8 Å². The summed E-state index contributed by atoms with van der Waals surface area (Å²) in [7, 11) is 3.17. The van der Waals surface area contributed by atoms with Gasteiger partial charge in [0.25, 0.3) is 5.91 Å². The molecule has 8 nitrogen and oxygen atoms in total.